The van der Waals surface area contributed by atoms with Crippen LogP contribution in [0.3, 0.4) is 0 Å². The number of pyridine rings is 1. The molecule has 13 aromatic rings. The lowest BCUT2D eigenvalue weighted by Crippen LogP contribution is -1.95. The van der Waals surface area contributed by atoms with E-state index in [0.29, 0.717) is 0 Å². The topological polar surface area (TPSA) is 26.0 Å². The molecule has 0 atom stereocenters. The number of para-hydroxylation sites is 1. The Morgan fingerprint density at radius 3 is 1.71 bits per heavy atom. The van der Waals surface area contributed by atoms with Gasteiger partial charge in [0, 0.05) is 63.8 Å². The molecule has 3 aromatic heterocycles. The summed E-state index contributed by atoms with van der Waals surface area (Å²) >= 11 is 1.88. The summed E-state index contributed by atoms with van der Waals surface area (Å²) in [5.74, 6) is 0. The lowest BCUT2D eigenvalue weighted by Gasteiger charge is -2.19. The minimum Gasteiger partial charge on any atom is -0.455 e. The average Bonchev–Trinajstić information content (AvgIpc) is 3.83. The monoisotopic (exact) mass is 727 g/mol. The molecule has 3 heteroatoms. The Labute approximate surface area is 324 Å². The van der Waals surface area contributed by atoms with E-state index in [9.17, 15) is 0 Å². The maximum atomic E-state index is 7.03. The first-order chi connectivity index (χ1) is 27.8. The molecule has 0 N–H and O–H groups in total. The van der Waals surface area contributed by atoms with Crippen LogP contribution in [0.2, 0.25) is 0 Å². The largest absolute Gasteiger partial charge is 0.455 e. The van der Waals surface area contributed by atoms with E-state index in [1.807, 2.05) is 11.3 Å². The third-order valence-corrected chi connectivity index (χ3v) is 13.2. The fourth-order valence-electron chi connectivity index (χ4n) is 9.58. The third kappa shape index (κ3) is 4.07. The van der Waals surface area contributed by atoms with Gasteiger partial charge in [-0.3, -0.25) is 0 Å². The first-order valence-electron chi connectivity index (χ1n) is 19.1. The van der Waals surface area contributed by atoms with Gasteiger partial charge in [-0.15, -0.1) is 11.3 Å². The zero-order valence-electron chi connectivity index (χ0n) is 30.0. The van der Waals surface area contributed by atoms with E-state index >= 15 is 0 Å². The number of furan rings is 1. The summed E-state index contributed by atoms with van der Waals surface area (Å²) < 4.78 is 9.64. The van der Waals surface area contributed by atoms with Crippen LogP contribution in [0.1, 0.15) is 0 Å². The molecular weight excluding hydrogens is 699 g/mol. The van der Waals surface area contributed by atoms with Crippen LogP contribution in [0.25, 0.3) is 129 Å². The molecule has 0 aliphatic carbocycles. The second kappa shape index (κ2) is 11.2. The Morgan fingerprint density at radius 2 is 0.964 bits per heavy atom. The van der Waals surface area contributed by atoms with Crippen molar-refractivity contribution in [2.24, 2.45) is 0 Å². The van der Waals surface area contributed by atoms with Gasteiger partial charge >= 0.3 is 0 Å². The van der Waals surface area contributed by atoms with E-state index < -0.39 is 0 Å². The summed E-state index contributed by atoms with van der Waals surface area (Å²) in [6.07, 6.45) is 0. The van der Waals surface area contributed by atoms with Crippen molar-refractivity contribution in [2.75, 3.05) is 0 Å². The fourth-order valence-corrected chi connectivity index (χ4v) is 10.8. The molecular formula is C53H29NOS. The third-order valence-electron chi connectivity index (χ3n) is 12.0. The molecule has 0 aliphatic heterocycles. The molecule has 0 fully saturated rings. The highest BCUT2D eigenvalue weighted by molar-refractivity contribution is 7.26. The molecule has 3 heterocycles. The molecule has 0 radical (unpaired) electrons. The number of rotatable bonds is 2. The molecule has 0 amide bonds. The van der Waals surface area contributed by atoms with Crippen molar-refractivity contribution in [3.8, 4) is 22.4 Å². The van der Waals surface area contributed by atoms with Crippen LogP contribution in [0, 0.1) is 0 Å². The highest BCUT2D eigenvalue weighted by Crippen LogP contribution is 2.50. The van der Waals surface area contributed by atoms with Gasteiger partial charge in [0.05, 0.1) is 11.2 Å². The van der Waals surface area contributed by atoms with Crippen molar-refractivity contribution in [2.45, 2.75) is 0 Å². The number of aromatic nitrogens is 1. The lowest BCUT2D eigenvalue weighted by molar-refractivity contribution is 0.671. The maximum absolute atomic E-state index is 7.03. The smallest absolute Gasteiger partial charge is 0.143 e. The van der Waals surface area contributed by atoms with Crippen molar-refractivity contribution < 1.29 is 4.42 Å². The van der Waals surface area contributed by atoms with Crippen molar-refractivity contribution in [1.29, 1.82) is 0 Å². The van der Waals surface area contributed by atoms with E-state index in [1.165, 1.54) is 85.0 Å². The molecule has 0 spiro atoms. The molecule has 0 unspecified atom stereocenters. The Kier molecular flexibility index (Phi) is 6.07. The number of hydrogen-bond donors (Lipinski definition) is 0. The van der Waals surface area contributed by atoms with E-state index in [-0.39, 0.29) is 0 Å². The quantitative estimate of drug-likeness (QED) is 0.131. The predicted octanol–water partition coefficient (Wildman–Crippen LogP) is 15.6. The summed E-state index contributed by atoms with van der Waals surface area (Å²) in [6, 6.07) is 64.0. The van der Waals surface area contributed by atoms with Crippen LogP contribution < -0.4 is 0 Å². The van der Waals surface area contributed by atoms with Crippen molar-refractivity contribution in [3.05, 3.63) is 176 Å². The average molecular weight is 728 g/mol. The van der Waals surface area contributed by atoms with Crippen molar-refractivity contribution in [3.63, 3.8) is 0 Å². The molecule has 0 saturated heterocycles. The van der Waals surface area contributed by atoms with Gasteiger partial charge in [-0.2, -0.15) is 0 Å². The molecule has 0 saturated carbocycles. The van der Waals surface area contributed by atoms with Gasteiger partial charge < -0.3 is 4.42 Å². The van der Waals surface area contributed by atoms with E-state index in [0.717, 1.165) is 44.3 Å². The summed E-state index contributed by atoms with van der Waals surface area (Å²) in [6.45, 7) is 0. The lowest BCUT2D eigenvalue weighted by atomic mass is 9.85. The zero-order chi connectivity index (χ0) is 36.5. The van der Waals surface area contributed by atoms with Gasteiger partial charge in [0.2, 0.25) is 0 Å². The molecule has 13 rings (SSSR count). The van der Waals surface area contributed by atoms with E-state index in [4.69, 9.17) is 9.40 Å². The summed E-state index contributed by atoms with van der Waals surface area (Å²) in [7, 11) is 0. The first-order valence-corrected chi connectivity index (χ1v) is 19.9. The molecule has 258 valence electrons. The van der Waals surface area contributed by atoms with Gasteiger partial charge in [-0.1, -0.05) is 146 Å². The Bertz CT molecular complexity index is 3700. The standard InChI is InChI=1S/C53H29NOS/c1-2-14-31-29-45-42(27-30(31)13-1)49-33-16-4-3-15-32(33)28-43(52(49)55-45)47-35-18-5-7-20-37(35)48(38-21-8-6-19-36(38)47)51-41-26-25-39-34-17-10-12-24-46(34)56-53(39)50(41)40-22-9-11-23-44(40)54-51/h1-29H. The SMILES string of the molecule is c1ccc2cc3c(cc2c1)oc1c(-c2c4ccccc4c(-c4nc5ccccc5c5c4ccc4c6ccccc6sc45)c4ccccc24)cc2ccccc2c13. The molecule has 0 aliphatic rings. The Morgan fingerprint density at radius 1 is 0.393 bits per heavy atom. The molecule has 2 nitrogen and oxygen atoms in total. The number of nitrogens with zero attached hydrogens (tertiary/aromatic N) is 1. The van der Waals surface area contributed by atoms with Gasteiger partial charge in [0.15, 0.2) is 0 Å². The van der Waals surface area contributed by atoms with Crippen LogP contribution >= 0.6 is 11.3 Å². The number of thiophene rings is 1. The van der Waals surface area contributed by atoms with Gasteiger partial charge in [-0.25, -0.2) is 4.98 Å². The number of benzene rings is 10. The normalized spacial score (nSPS) is 12.3. The number of fused-ring (bicyclic) bond motifs is 15. The van der Waals surface area contributed by atoms with E-state index in [2.05, 4.69) is 176 Å². The van der Waals surface area contributed by atoms with Crippen LogP contribution in [0.15, 0.2) is 180 Å². The Balaban J connectivity index is 1.20. The van der Waals surface area contributed by atoms with Gasteiger partial charge in [0.1, 0.15) is 11.2 Å². The minimum absolute atomic E-state index is 0.904. The minimum atomic E-state index is 0.904. The molecule has 10 aromatic carbocycles. The summed E-state index contributed by atoms with van der Waals surface area (Å²) in [4.78, 5) is 5.57. The predicted molar refractivity (Wildman–Crippen MR) is 240 cm³/mol. The van der Waals surface area contributed by atoms with Crippen LogP contribution in [0.4, 0.5) is 0 Å². The second-order valence-electron chi connectivity index (χ2n) is 14.9. The first kappa shape index (κ1) is 30.3. The highest BCUT2D eigenvalue weighted by Gasteiger charge is 2.24. The van der Waals surface area contributed by atoms with Crippen molar-refractivity contribution >= 4 is 118 Å². The van der Waals surface area contributed by atoms with E-state index in [1.54, 1.807) is 0 Å². The number of hydrogen-bond acceptors (Lipinski definition) is 3. The second-order valence-corrected chi connectivity index (χ2v) is 16.0. The maximum Gasteiger partial charge on any atom is 0.143 e. The van der Waals surface area contributed by atoms with Gasteiger partial charge in [0.25, 0.3) is 0 Å². The van der Waals surface area contributed by atoms with Crippen LogP contribution in [-0.2, 0) is 0 Å². The fraction of sp³-hybridized carbons (Fsp3) is 0. The summed E-state index contributed by atoms with van der Waals surface area (Å²) in [5, 5.41) is 18.0. The van der Waals surface area contributed by atoms with Crippen molar-refractivity contribution in [1.82, 2.24) is 4.98 Å². The van der Waals surface area contributed by atoms with Crippen LogP contribution in [0.5, 0.6) is 0 Å². The highest BCUT2D eigenvalue weighted by atomic mass is 32.1. The molecule has 56 heavy (non-hydrogen) atoms. The van der Waals surface area contributed by atoms with Crippen LogP contribution in [-0.4, -0.2) is 4.98 Å². The zero-order valence-corrected chi connectivity index (χ0v) is 30.8. The summed E-state index contributed by atoms with van der Waals surface area (Å²) in [5.41, 5.74) is 7.26. The van der Waals surface area contributed by atoms with Gasteiger partial charge in [-0.05, 0) is 73.4 Å². The Hall–Kier alpha value is -7.07. The molecule has 0 bridgehead atoms.